The molecule has 4 nitrogen and oxygen atoms in total. The molecule has 0 aliphatic heterocycles. The zero-order valence-electron chi connectivity index (χ0n) is 10.9. The van der Waals surface area contributed by atoms with Crippen molar-refractivity contribution in [2.45, 2.75) is 13.0 Å². The average Bonchev–Trinajstić information content (AvgIpc) is 3.17. The molecule has 0 fully saturated rings. The van der Waals surface area contributed by atoms with Gasteiger partial charge in [-0.1, -0.05) is 53.7 Å². The third-order valence-electron chi connectivity index (χ3n) is 3.11. The number of benzene rings is 1. The summed E-state index contributed by atoms with van der Waals surface area (Å²) in [5.41, 5.74) is 2.54. The predicted octanol–water partition coefficient (Wildman–Crippen LogP) is 2.84. The summed E-state index contributed by atoms with van der Waals surface area (Å²) < 4.78 is 5.23. The third kappa shape index (κ3) is 2.69. The minimum Gasteiger partial charge on any atom is -0.359 e. The first-order chi connectivity index (χ1) is 9.83. The second-order valence-corrected chi connectivity index (χ2v) is 4.55. The van der Waals surface area contributed by atoms with E-state index in [2.05, 4.69) is 10.5 Å². The second kappa shape index (κ2) is 5.57. The Bertz CT molecular complexity index is 669. The molecule has 0 unspecified atom stereocenters. The Kier molecular flexibility index (Phi) is 3.46. The van der Waals surface area contributed by atoms with E-state index in [0.29, 0.717) is 18.7 Å². The van der Waals surface area contributed by atoms with Gasteiger partial charge in [0.15, 0.2) is 5.76 Å². The molecule has 1 aromatic heterocycles. The van der Waals surface area contributed by atoms with Crippen LogP contribution in [0.1, 0.15) is 12.2 Å². The first kappa shape index (κ1) is 12.4. The molecule has 1 aliphatic rings. The minimum atomic E-state index is -0.0624. The van der Waals surface area contributed by atoms with Gasteiger partial charge < -0.3 is 9.84 Å². The Hall–Kier alpha value is -2.62. The van der Waals surface area contributed by atoms with E-state index < -0.39 is 0 Å². The van der Waals surface area contributed by atoms with Crippen molar-refractivity contribution in [3.63, 3.8) is 0 Å². The number of rotatable bonds is 4. The summed E-state index contributed by atoms with van der Waals surface area (Å²) in [6.45, 7) is 0.343. The lowest BCUT2D eigenvalue weighted by molar-refractivity contribution is -0.117. The summed E-state index contributed by atoms with van der Waals surface area (Å²) in [6, 6.07) is 11.6. The highest BCUT2D eigenvalue weighted by Gasteiger charge is 2.11. The molecule has 0 atom stereocenters. The van der Waals surface area contributed by atoms with E-state index in [1.54, 1.807) is 0 Å². The highest BCUT2D eigenvalue weighted by molar-refractivity contribution is 5.94. The molecular weight excluding hydrogens is 252 g/mol. The monoisotopic (exact) mass is 266 g/mol. The fourth-order valence-electron chi connectivity index (χ4n) is 2.04. The van der Waals surface area contributed by atoms with E-state index >= 15 is 0 Å². The van der Waals surface area contributed by atoms with Crippen molar-refractivity contribution in [1.82, 2.24) is 10.5 Å². The van der Waals surface area contributed by atoms with E-state index in [0.717, 1.165) is 16.8 Å². The number of hydrogen-bond acceptors (Lipinski definition) is 3. The number of amides is 1. The molecule has 3 rings (SSSR count). The normalized spacial score (nSPS) is 13.3. The maximum absolute atomic E-state index is 11.8. The molecule has 1 aliphatic carbocycles. The van der Waals surface area contributed by atoms with E-state index in [1.807, 2.05) is 54.6 Å². The fraction of sp³-hybridized carbons (Fsp3) is 0.125. The van der Waals surface area contributed by atoms with Crippen LogP contribution < -0.4 is 5.32 Å². The van der Waals surface area contributed by atoms with E-state index in [1.165, 1.54) is 0 Å². The zero-order chi connectivity index (χ0) is 13.8. The highest BCUT2D eigenvalue weighted by Crippen LogP contribution is 2.18. The van der Waals surface area contributed by atoms with E-state index in [-0.39, 0.29) is 5.91 Å². The SMILES string of the molecule is O=C(NCc1cc(-c2ccccc2)no1)C1=CC=CC1. The van der Waals surface area contributed by atoms with Crippen LogP contribution in [0.2, 0.25) is 0 Å². The van der Waals surface area contributed by atoms with Crippen molar-refractivity contribution >= 4 is 5.91 Å². The van der Waals surface area contributed by atoms with Crippen LogP contribution in [0, 0.1) is 0 Å². The lowest BCUT2D eigenvalue weighted by atomic mass is 10.1. The molecule has 100 valence electrons. The van der Waals surface area contributed by atoms with Gasteiger partial charge in [0.05, 0.1) is 6.54 Å². The largest absolute Gasteiger partial charge is 0.359 e. The smallest absolute Gasteiger partial charge is 0.247 e. The Morgan fingerprint density at radius 2 is 2.15 bits per heavy atom. The van der Waals surface area contributed by atoms with Gasteiger partial charge in [0.2, 0.25) is 5.91 Å². The molecule has 1 aromatic carbocycles. The maximum Gasteiger partial charge on any atom is 0.247 e. The van der Waals surface area contributed by atoms with Crippen molar-refractivity contribution in [3.8, 4) is 11.3 Å². The van der Waals surface area contributed by atoms with Gasteiger partial charge in [0.1, 0.15) is 5.69 Å². The molecule has 0 radical (unpaired) electrons. The lowest BCUT2D eigenvalue weighted by Gasteiger charge is -2.02. The van der Waals surface area contributed by atoms with Gasteiger partial charge in [-0.2, -0.15) is 0 Å². The van der Waals surface area contributed by atoms with Crippen molar-refractivity contribution < 1.29 is 9.32 Å². The molecule has 1 N–H and O–H groups in total. The molecule has 2 aromatic rings. The van der Waals surface area contributed by atoms with Gasteiger partial charge in [0, 0.05) is 17.2 Å². The zero-order valence-corrected chi connectivity index (χ0v) is 10.9. The first-order valence-electron chi connectivity index (χ1n) is 6.48. The van der Waals surface area contributed by atoms with E-state index in [4.69, 9.17) is 4.52 Å². The summed E-state index contributed by atoms with van der Waals surface area (Å²) >= 11 is 0. The number of aromatic nitrogens is 1. The molecule has 0 bridgehead atoms. The summed E-state index contributed by atoms with van der Waals surface area (Å²) in [4.78, 5) is 11.8. The van der Waals surface area contributed by atoms with Crippen LogP contribution in [-0.2, 0) is 11.3 Å². The van der Waals surface area contributed by atoms with Gasteiger partial charge >= 0.3 is 0 Å². The summed E-state index contributed by atoms with van der Waals surface area (Å²) in [7, 11) is 0. The van der Waals surface area contributed by atoms with Gasteiger partial charge in [0.25, 0.3) is 0 Å². The summed E-state index contributed by atoms with van der Waals surface area (Å²) in [5.74, 6) is 0.580. The number of carbonyl (C=O) groups excluding carboxylic acids is 1. The molecule has 1 amide bonds. The topological polar surface area (TPSA) is 55.1 Å². The Morgan fingerprint density at radius 3 is 2.90 bits per heavy atom. The van der Waals surface area contributed by atoms with Crippen molar-refractivity contribution in [1.29, 1.82) is 0 Å². The Labute approximate surface area is 116 Å². The standard InChI is InChI=1S/C16H14N2O2/c19-16(13-8-4-5-9-13)17-11-14-10-15(18-20-14)12-6-2-1-3-7-12/h1-8,10H,9,11H2,(H,17,19). The Morgan fingerprint density at radius 1 is 1.30 bits per heavy atom. The van der Waals surface area contributed by atoms with Crippen LogP contribution in [0.15, 0.2) is 64.7 Å². The number of allylic oxidation sites excluding steroid dienone is 3. The third-order valence-corrected chi connectivity index (χ3v) is 3.11. The molecule has 20 heavy (non-hydrogen) atoms. The molecule has 1 heterocycles. The van der Waals surface area contributed by atoms with Crippen LogP contribution in [-0.4, -0.2) is 11.1 Å². The maximum atomic E-state index is 11.8. The van der Waals surface area contributed by atoms with Crippen molar-refractivity contribution in [2.75, 3.05) is 0 Å². The molecular formula is C16H14N2O2. The molecule has 0 spiro atoms. The van der Waals surface area contributed by atoms with Crippen LogP contribution in [0.25, 0.3) is 11.3 Å². The predicted molar refractivity (Wildman–Crippen MR) is 75.6 cm³/mol. The Balaban J connectivity index is 1.62. The first-order valence-corrected chi connectivity index (χ1v) is 6.48. The number of carbonyl (C=O) groups is 1. The quantitative estimate of drug-likeness (QED) is 0.925. The second-order valence-electron chi connectivity index (χ2n) is 4.55. The summed E-state index contributed by atoms with van der Waals surface area (Å²) in [5, 5.41) is 6.83. The van der Waals surface area contributed by atoms with Crippen LogP contribution in [0.3, 0.4) is 0 Å². The number of nitrogens with zero attached hydrogens (tertiary/aromatic N) is 1. The average molecular weight is 266 g/mol. The summed E-state index contributed by atoms with van der Waals surface area (Å²) in [6.07, 6.45) is 6.36. The molecule has 0 saturated carbocycles. The molecule has 4 heteroatoms. The van der Waals surface area contributed by atoms with E-state index in [9.17, 15) is 4.79 Å². The van der Waals surface area contributed by atoms with Crippen molar-refractivity contribution in [3.05, 3.63) is 66.0 Å². The highest BCUT2D eigenvalue weighted by atomic mass is 16.5. The van der Waals surface area contributed by atoms with Gasteiger partial charge in [-0.25, -0.2) is 0 Å². The van der Waals surface area contributed by atoms with Crippen LogP contribution in [0.4, 0.5) is 0 Å². The van der Waals surface area contributed by atoms with Gasteiger partial charge in [-0.05, 0) is 6.42 Å². The number of nitrogens with one attached hydrogen (secondary N) is 1. The fourth-order valence-corrected chi connectivity index (χ4v) is 2.04. The minimum absolute atomic E-state index is 0.0624. The molecule has 0 saturated heterocycles. The lowest BCUT2D eigenvalue weighted by Crippen LogP contribution is -2.23. The van der Waals surface area contributed by atoms with Crippen LogP contribution in [0.5, 0.6) is 0 Å². The number of hydrogen-bond donors (Lipinski definition) is 1. The van der Waals surface area contributed by atoms with Gasteiger partial charge in [-0.15, -0.1) is 0 Å². The van der Waals surface area contributed by atoms with Crippen molar-refractivity contribution in [2.24, 2.45) is 0 Å². The van der Waals surface area contributed by atoms with Gasteiger partial charge in [-0.3, -0.25) is 4.79 Å². The van der Waals surface area contributed by atoms with Crippen LogP contribution >= 0.6 is 0 Å².